The average Bonchev–Trinajstić information content (AvgIpc) is 2.71. The highest BCUT2D eigenvalue weighted by Crippen LogP contribution is 2.22. The summed E-state index contributed by atoms with van der Waals surface area (Å²) >= 11 is 0. The third-order valence-corrected chi connectivity index (χ3v) is 4.34. The Hall–Kier alpha value is -3.67. The molecule has 3 aromatic rings. The Labute approximate surface area is 163 Å². The SMILES string of the molecule is COC(=O)c1ccccc1Nc1ccc(C(=O)Nc2c(C)cccc2C)cn1. The standard InChI is InChI=1S/C22H21N3O3/c1-14-7-6-8-15(2)20(14)25-21(26)16-11-12-19(23-13-16)24-18-10-5-4-9-17(18)22(27)28-3/h4-13H,1-3H3,(H,23,24)(H,25,26). The van der Waals surface area contributed by atoms with Crippen molar-refractivity contribution in [1.29, 1.82) is 0 Å². The summed E-state index contributed by atoms with van der Waals surface area (Å²) < 4.78 is 4.79. The van der Waals surface area contributed by atoms with Gasteiger partial charge in [0, 0.05) is 11.9 Å². The molecule has 3 rings (SSSR count). The highest BCUT2D eigenvalue weighted by Gasteiger charge is 2.13. The molecule has 0 aliphatic carbocycles. The summed E-state index contributed by atoms with van der Waals surface area (Å²) in [7, 11) is 1.33. The number of hydrogen-bond acceptors (Lipinski definition) is 5. The molecular formula is C22H21N3O3. The van der Waals surface area contributed by atoms with Crippen molar-refractivity contribution in [3.8, 4) is 0 Å². The summed E-state index contributed by atoms with van der Waals surface area (Å²) in [6.07, 6.45) is 1.49. The highest BCUT2D eigenvalue weighted by molar-refractivity contribution is 6.05. The lowest BCUT2D eigenvalue weighted by atomic mass is 10.1. The fraction of sp³-hybridized carbons (Fsp3) is 0.136. The molecule has 0 radical (unpaired) electrons. The van der Waals surface area contributed by atoms with E-state index in [1.54, 1.807) is 36.4 Å². The number of nitrogens with zero attached hydrogens (tertiary/aromatic N) is 1. The molecule has 6 nitrogen and oxygen atoms in total. The van der Waals surface area contributed by atoms with E-state index in [0.29, 0.717) is 22.6 Å². The van der Waals surface area contributed by atoms with Crippen molar-refractivity contribution in [2.45, 2.75) is 13.8 Å². The Morgan fingerprint density at radius 3 is 2.29 bits per heavy atom. The van der Waals surface area contributed by atoms with E-state index in [4.69, 9.17) is 4.74 Å². The number of nitrogens with one attached hydrogen (secondary N) is 2. The van der Waals surface area contributed by atoms with E-state index in [2.05, 4.69) is 15.6 Å². The Morgan fingerprint density at radius 2 is 1.64 bits per heavy atom. The molecule has 2 N–H and O–H groups in total. The van der Waals surface area contributed by atoms with Crippen molar-refractivity contribution in [3.63, 3.8) is 0 Å². The van der Waals surface area contributed by atoms with Gasteiger partial charge < -0.3 is 15.4 Å². The summed E-state index contributed by atoms with van der Waals surface area (Å²) in [4.78, 5) is 28.7. The smallest absolute Gasteiger partial charge is 0.339 e. The molecule has 0 aliphatic rings. The number of aromatic nitrogens is 1. The van der Waals surface area contributed by atoms with Crippen LogP contribution in [0, 0.1) is 13.8 Å². The molecule has 0 atom stereocenters. The van der Waals surface area contributed by atoms with Crippen molar-refractivity contribution >= 4 is 29.1 Å². The largest absolute Gasteiger partial charge is 0.465 e. The van der Waals surface area contributed by atoms with Crippen LogP contribution in [0.1, 0.15) is 31.8 Å². The topological polar surface area (TPSA) is 80.3 Å². The molecule has 0 aliphatic heterocycles. The number of hydrogen-bond donors (Lipinski definition) is 2. The molecule has 1 amide bonds. The van der Waals surface area contributed by atoms with Crippen LogP contribution in [0.2, 0.25) is 0 Å². The van der Waals surface area contributed by atoms with Crippen LogP contribution < -0.4 is 10.6 Å². The van der Waals surface area contributed by atoms with Gasteiger partial charge in [0.05, 0.1) is 23.9 Å². The van der Waals surface area contributed by atoms with Crippen LogP contribution in [0.4, 0.5) is 17.2 Å². The van der Waals surface area contributed by atoms with Crippen LogP contribution in [-0.4, -0.2) is 24.0 Å². The molecule has 28 heavy (non-hydrogen) atoms. The number of aryl methyl sites for hydroxylation is 2. The van der Waals surface area contributed by atoms with Gasteiger partial charge in [0.1, 0.15) is 5.82 Å². The zero-order valence-corrected chi connectivity index (χ0v) is 15.9. The molecule has 0 saturated heterocycles. The minimum Gasteiger partial charge on any atom is -0.465 e. The number of para-hydroxylation sites is 2. The Morgan fingerprint density at radius 1 is 0.929 bits per heavy atom. The zero-order chi connectivity index (χ0) is 20.1. The van der Waals surface area contributed by atoms with Gasteiger partial charge in [-0.25, -0.2) is 9.78 Å². The minimum absolute atomic E-state index is 0.230. The first-order valence-electron chi connectivity index (χ1n) is 8.77. The van der Waals surface area contributed by atoms with E-state index in [1.165, 1.54) is 13.3 Å². The zero-order valence-electron chi connectivity index (χ0n) is 15.9. The van der Waals surface area contributed by atoms with Gasteiger partial charge in [-0.05, 0) is 49.2 Å². The number of benzene rings is 2. The number of anilines is 3. The minimum atomic E-state index is -0.437. The fourth-order valence-corrected chi connectivity index (χ4v) is 2.82. The van der Waals surface area contributed by atoms with Crippen LogP contribution in [0.5, 0.6) is 0 Å². The van der Waals surface area contributed by atoms with E-state index in [9.17, 15) is 9.59 Å². The van der Waals surface area contributed by atoms with Crippen molar-refractivity contribution < 1.29 is 14.3 Å². The van der Waals surface area contributed by atoms with Crippen molar-refractivity contribution in [2.24, 2.45) is 0 Å². The first kappa shape index (κ1) is 19.1. The summed E-state index contributed by atoms with van der Waals surface area (Å²) in [5, 5.41) is 6.01. The predicted molar refractivity (Wildman–Crippen MR) is 109 cm³/mol. The quantitative estimate of drug-likeness (QED) is 0.643. The van der Waals surface area contributed by atoms with E-state index >= 15 is 0 Å². The summed E-state index contributed by atoms with van der Waals surface area (Å²) in [5.41, 5.74) is 4.23. The Kier molecular flexibility index (Phi) is 5.69. The Bertz CT molecular complexity index is 994. The Balaban J connectivity index is 1.76. The van der Waals surface area contributed by atoms with E-state index in [-0.39, 0.29) is 5.91 Å². The second-order valence-corrected chi connectivity index (χ2v) is 6.32. The average molecular weight is 375 g/mol. The highest BCUT2D eigenvalue weighted by atomic mass is 16.5. The second kappa shape index (κ2) is 8.35. The molecular weight excluding hydrogens is 354 g/mol. The first-order valence-corrected chi connectivity index (χ1v) is 8.77. The molecule has 2 aromatic carbocycles. The maximum Gasteiger partial charge on any atom is 0.339 e. The lowest BCUT2D eigenvalue weighted by Gasteiger charge is -2.12. The molecule has 0 saturated carbocycles. The van der Waals surface area contributed by atoms with Crippen LogP contribution >= 0.6 is 0 Å². The number of esters is 1. The second-order valence-electron chi connectivity index (χ2n) is 6.32. The van der Waals surface area contributed by atoms with Gasteiger partial charge in [-0.2, -0.15) is 0 Å². The number of carbonyl (C=O) groups excluding carboxylic acids is 2. The van der Waals surface area contributed by atoms with Gasteiger partial charge in [-0.15, -0.1) is 0 Å². The third-order valence-electron chi connectivity index (χ3n) is 4.34. The molecule has 0 spiro atoms. The third kappa shape index (κ3) is 4.17. The van der Waals surface area contributed by atoms with Crippen LogP contribution in [0.3, 0.4) is 0 Å². The number of pyridine rings is 1. The molecule has 0 unspecified atom stereocenters. The monoisotopic (exact) mass is 375 g/mol. The molecule has 0 fully saturated rings. The summed E-state index contributed by atoms with van der Waals surface area (Å²) in [5.74, 6) is -0.154. The maximum atomic E-state index is 12.5. The number of methoxy groups -OCH3 is 1. The number of amides is 1. The molecule has 1 heterocycles. The lowest BCUT2D eigenvalue weighted by molar-refractivity contribution is 0.0601. The maximum absolute atomic E-state index is 12.5. The van der Waals surface area contributed by atoms with Crippen LogP contribution in [0.25, 0.3) is 0 Å². The summed E-state index contributed by atoms with van der Waals surface area (Å²) in [6.45, 7) is 3.90. The fourth-order valence-electron chi connectivity index (χ4n) is 2.82. The molecule has 0 bridgehead atoms. The molecule has 142 valence electrons. The van der Waals surface area contributed by atoms with Crippen molar-refractivity contribution in [1.82, 2.24) is 4.98 Å². The number of carbonyl (C=O) groups is 2. The lowest BCUT2D eigenvalue weighted by Crippen LogP contribution is -2.14. The molecule has 1 aromatic heterocycles. The summed E-state index contributed by atoms with van der Waals surface area (Å²) in [6, 6.07) is 16.2. The van der Waals surface area contributed by atoms with E-state index in [0.717, 1.165) is 16.8 Å². The van der Waals surface area contributed by atoms with Gasteiger partial charge in [0.2, 0.25) is 0 Å². The number of ether oxygens (including phenoxy) is 1. The van der Waals surface area contributed by atoms with Gasteiger partial charge in [0.15, 0.2) is 0 Å². The van der Waals surface area contributed by atoms with Crippen LogP contribution in [-0.2, 0) is 4.74 Å². The van der Waals surface area contributed by atoms with Gasteiger partial charge in [-0.3, -0.25) is 4.79 Å². The molecule has 6 heteroatoms. The van der Waals surface area contributed by atoms with Gasteiger partial charge in [0.25, 0.3) is 5.91 Å². The van der Waals surface area contributed by atoms with Crippen LogP contribution in [0.15, 0.2) is 60.8 Å². The predicted octanol–water partition coefficient (Wildman–Crippen LogP) is 4.48. The van der Waals surface area contributed by atoms with Crippen molar-refractivity contribution in [3.05, 3.63) is 83.0 Å². The van der Waals surface area contributed by atoms with E-state index in [1.807, 2.05) is 32.0 Å². The van der Waals surface area contributed by atoms with Gasteiger partial charge >= 0.3 is 5.97 Å². The van der Waals surface area contributed by atoms with Crippen molar-refractivity contribution in [2.75, 3.05) is 17.7 Å². The first-order chi connectivity index (χ1) is 13.5. The normalized spacial score (nSPS) is 10.2. The van der Waals surface area contributed by atoms with E-state index < -0.39 is 5.97 Å². The number of rotatable bonds is 5. The van der Waals surface area contributed by atoms with Gasteiger partial charge in [-0.1, -0.05) is 30.3 Å².